The molecule has 0 bridgehead atoms. The zero-order valence-corrected chi connectivity index (χ0v) is 8.26. The summed E-state index contributed by atoms with van der Waals surface area (Å²) in [7, 11) is 0. The van der Waals surface area contributed by atoms with Gasteiger partial charge in [-0.25, -0.2) is 0 Å². The summed E-state index contributed by atoms with van der Waals surface area (Å²) in [5.74, 6) is 1.51. The first-order valence-electron chi connectivity index (χ1n) is 5.01. The van der Waals surface area contributed by atoms with Crippen molar-refractivity contribution >= 4 is 11.7 Å². The number of carbonyl (C=O) groups is 1. The highest BCUT2D eigenvalue weighted by Crippen LogP contribution is 2.28. The third kappa shape index (κ3) is 1.47. The fraction of sp³-hybridized carbons (Fsp3) is 0.800. The van der Waals surface area contributed by atoms with E-state index in [2.05, 4.69) is 10.3 Å². The largest absolute Gasteiger partial charge is 0.312 e. The molecule has 0 aromatic heterocycles. The highest BCUT2D eigenvalue weighted by atomic mass is 16.2. The van der Waals surface area contributed by atoms with Gasteiger partial charge in [0.15, 0.2) is 0 Å². The SMILES string of the molecule is CC1(C)N=C(C2CCCC2)NC1=O. The quantitative estimate of drug-likeness (QED) is 0.652. The Bertz CT molecular complexity index is 262. The van der Waals surface area contributed by atoms with Crippen molar-refractivity contribution in [2.24, 2.45) is 10.9 Å². The van der Waals surface area contributed by atoms with Gasteiger partial charge in [0.1, 0.15) is 11.4 Å². The van der Waals surface area contributed by atoms with Crippen molar-refractivity contribution in [2.45, 2.75) is 45.1 Å². The van der Waals surface area contributed by atoms with Crippen LogP contribution in [0.4, 0.5) is 0 Å². The monoisotopic (exact) mass is 180 g/mol. The van der Waals surface area contributed by atoms with Gasteiger partial charge in [-0.1, -0.05) is 12.8 Å². The van der Waals surface area contributed by atoms with Crippen LogP contribution in [0.3, 0.4) is 0 Å². The van der Waals surface area contributed by atoms with Crippen LogP contribution in [0.2, 0.25) is 0 Å². The Hall–Kier alpha value is -0.860. The molecule has 1 heterocycles. The van der Waals surface area contributed by atoms with Crippen LogP contribution >= 0.6 is 0 Å². The van der Waals surface area contributed by atoms with E-state index in [0.29, 0.717) is 5.92 Å². The Kier molecular flexibility index (Phi) is 1.90. The predicted molar refractivity (Wildman–Crippen MR) is 51.6 cm³/mol. The molecule has 1 N–H and O–H groups in total. The maximum absolute atomic E-state index is 11.4. The lowest BCUT2D eigenvalue weighted by molar-refractivity contribution is -0.122. The summed E-state index contributed by atoms with van der Waals surface area (Å²) < 4.78 is 0. The summed E-state index contributed by atoms with van der Waals surface area (Å²) in [5.41, 5.74) is -0.530. The van der Waals surface area contributed by atoms with E-state index in [1.807, 2.05) is 13.8 Å². The minimum absolute atomic E-state index is 0.0504. The zero-order chi connectivity index (χ0) is 9.47. The van der Waals surface area contributed by atoms with Crippen LogP contribution in [-0.4, -0.2) is 17.3 Å². The number of nitrogens with one attached hydrogen (secondary N) is 1. The number of nitrogens with zero attached hydrogens (tertiary/aromatic N) is 1. The van der Waals surface area contributed by atoms with Crippen LogP contribution in [-0.2, 0) is 4.79 Å². The highest BCUT2D eigenvalue weighted by molar-refractivity contribution is 6.08. The van der Waals surface area contributed by atoms with Crippen molar-refractivity contribution < 1.29 is 4.79 Å². The lowest BCUT2D eigenvalue weighted by Crippen LogP contribution is -2.35. The summed E-state index contributed by atoms with van der Waals surface area (Å²) in [6.07, 6.45) is 4.93. The molecule has 2 aliphatic rings. The van der Waals surface area contributed by atoms with Crippen LogP contribution in [0.5, 0.6) is 0 Å². The molecule has 1 amide bonds. The first-order chi connectivity index (χ1) is 6.09. The molecule has 1 fully saturated rings. The standard InChI is InChI=1S/C10H16N2O/c1-10(2)9(13)11-8(12-10)7-5-3-4-6-7/h7H,3-6H2,1-2H3,(H,11,12,13). The van der Waals surface area contributed by atoms with Crippen LogP contribution in [0.1, 0.15) is 39.5 Å². The summed E-state index contributed by atoms with van der Waals surface area (Å²) in [4.78, 5) is 15.9. The van der Waals surface area contributed by atoms with Gasteiger partial charge in [-0.3, -0.25) is 9.79 Å². The molecule has 3 heteroatoms. The van der Waals surface area contributed by atoms with Crippen LogP contribution in [0, 0.1) is 5.92 Å². The van der Waals surface area contributed by atoms with Gasteiger partial charge in [0, 0.05) is 5.92 Å². The topological polar surface area (TPSA) is 41.5 Å². The Balaban J connectivity index is 2.13. The van der Waals surface area contributed by atoms with Gasteiger partial charge in [0.05, 0.1) is 0 Å². The lowest BCUT2D eigenvalue weighted by atomic mass is 10.1. The molecule has 0 aromatic carbocycles. The highest BCUT2D eigenvalue weighted by Gasteiger charge is 2.37. The van der Waals surface area contributed by atoms with E-state index in [1.54, 1.807) is 0 Å². The van der Waals surface area contributed by atoms with Gasteiger partial charge in [0.2, 0.25) is 0 Å². The molecule has 0 spiro atoms. The van der Waals surface area contributed by atoms with Gasteiger partial charge >= 0.3 is 0 Å². The number of carbonyl (C=O) groups excluding carboxylic acids is 1. The summed E-state index contributed by atoms with van der Waals surface area (Å²) in [6, 6.07) is 0. The first kappa shape index (κ1) is 8.73. The number of hydrogen-bond donors (Lipinski definition) is 1. The zero-order valence-electron chi connectivity index (χ0n) is 8.26. The second-order valence-corrected chi connectivity index (χ2v) is 4.49. The van der Waals surface area contributed by atoms with Crippen molar-refractivity contribution in [1.29, 1.82) is 0 Å². The van der Waals surface area contributed by atoms with Gasteiger partial charge in [-0.2, -0.15) is 0 Å². The van der Waals surface area contributed by atoms with Crippen molar-refractivity contribution in [3.8, 4) is 0 Å². The Morgan fingerprint density at radius 3 is 2.46 bits per heavy atom. The minimum atomic E-state index is -0.530. The van der Waals surface area contributed by atoms with E-state index >= 15 is 0 Å². The first-order valence-corrected chi connectivity index (χ1v) is 5.01. The van der Waals surface area contributed by atoms with Gasteiger partial charge < -0.3 is 5.32 Å². The molecule has 1 saturated carbocycles. The molecule has 0 aromatic rings. The van der Waals surface area contributed by atoms with Crippen LogP contribution in [0.25, 0.3) is 0 Å². The molecule has 1 aliphatic carbocycles. The molecule has 0 radical (unpaired) electrons. The minimum Gasteiger partial charge on any atom is -0.312 e. The predicted octanol–water partition coefficient (Wildman–Crippen LogP) is 1.48. The number of rotatable bonds is 1. The number of amidine groups is 1. The second kappa shape index (κ2) is 2.82. The van der Waals surface area contributed by atoms with E-state index < -0.39 is 5.54 Å². The summed E-state index contributed by atoms with van der Waals surface area (Å²) >= 11 is 0. The van der Waals surface area contributed by atoms with Crippen LogP contribution in [0.15, 0.2) is 4.99 Å². The molecule has 3 nitrogen and oxygen atoms in total. The molecule has 0 atom stereocenters. The molecule has 0 unspecified atom stereocenters. The Morgan fingerprint density at radius 1 is 1.38 bits per heavy atom. The van der Waals surface area contributed by atoms with E-state index in [1.165, 1.54) is 25.7 Å². The maximum Gasteiger partial charge on any atom is 0.252 e. The molecular weight excluding hydrogens is 164 g/mol. The van der Waals surface area contributed by atoms with Crippen LogP contribution < -0.4 is 5.32 Å². The van der Waals surface area contributed by atoms with E-state index in [9.17, 15) is 4.79 Å². The molecule has 13 heavy (non-hydrogen) atoms. The maximum atomic E-state index is 11.4. The van der Waals surface area contributed by atoms with Crippen molar-refractivity contribution in [3.05, 3.63) is 0 Å². The van der Waals surface area contributed by atoms with Crippen molar-refractivity contribution in [1.82, 2.24) is 5.32 Å². The average Bonchev–Trinajstić information content (AvgIpc) is 2.60. The van der Waals surface area contributed by atoms with Gasteiger partial charge in [-0.15, -0.1) is 0 Å². The molecule has 0 saturated heterocycles. The molecule has 2 rings (SSSR count). The van der Waals surface area contributed by atoms with Gasteiger partial charge in [0.25, 0.3) is 5.91 Å². The number of hydrogen-bond acceptors (Lipinski definition) is 2. The third-order valence-electron chi connectivity index (χ3n) is 2.94. The Morgan fingerprint density at radius 2 is 2.00 bits per heavy atom. The van der Waals surface area contributed by atoms with Crippen molar-refractivity contribution in [2.75, 3.05) is 0 Å². The van der Waals surface area contributed by atoms with E-state index in [-0.39, 0.29) is 5.91 Å². The normalized spacial score (nSPS) is 27.5. The average molecular weight is 180 g/mol. The molecular formula is C10H16N2O. The second-order valence-electron chi connectivity index (χ2n) is 4.49. The number of aliphatic imine (C=N–C) groups is 1. The molecule has 72 valence electrons. The summed E-state index contributed by atoms with van der Waals surface area (Å²) in [5, 5.41) is 2.90. The summed E-state index contributed by atoms with van der Waals surface area (Å²) in [6.45, 7) is 3.73. The fourth-order valence-electron chi connectivity index (χ4n) is 2.04. The van der Waals surface area contributed by atoms with E-state index in [0.717, 1.165) is 5.84 Å². The van der Waals surface area contributed by atoms with E-state index in [4.69, 9.17) is 0 Å². The lowest BCUT2D eigenvalue weighted by Gasteiger charge is -2.07. The smallest absolute Gasteiger partial charge is 0.252 e. The Labute approximate surface area is 78.6 Å². The third-order valence-corrected chi connectivity index (χ3v) is 2.94. The molecule has 1 aliphatic heterocycles. The fourth-order valence-corrected chi connectivity index (χ4v) is 2.04. The number of amides is 1. The van der Waals surface area contributed by atoms with Crippen molar-refractivity contribution in [3.63, 3.8) is 0 Å². The van der Waals surface area contributed by atoms with Gasteiger partial charge in [-0.05, 0) is 26.7 Å².